The molecule has 3 aromatic rings. The Morgan fingerprint density at radius 2 is 1.44 bits per heavy atom. The maximum absolute atomic E-state index is 14.9. The fourth-order valence-corrected chi connectivity index (χ4v) is 12.5. The number of allylic oxidation sites excluding steroid dienone is 4. The Morgan fingerprint density at radius 3 is 2.08 bits per heavy atom. The third kappa shape index (κ3) is 10.6. The van der Waals surface area contributed by atoms with Gasteiger partial charge in [-0.2, -0.15) is 25.7 Å². The lowest BCUT2D eigenvalue weighted by atomic mass is 9.78. The number of fused-ring (bicyclic) bond motifs is 2. The van der Waals surface area contributed by atoms with E-state index in [9.17, 15) is 39.2 Å². The summed E-state index contributed by atoms with van der Waals surface area (Å²) in [5.41, 5.74) is 4.80. The molecule has 3 aliphatic rings. The molecule has 1 saturated carbocycles. The van der Waals surface area contributed by atoms with Gasteiger partial charge >= 0.3 is 5.97 Å². The number of hydrogen-bond donors (Lipinski definition) is 2. The van der Waals surface area contributed by atoms with Crippen molar-refractivity contribution in [1.82, 2.24) is 4.31 Å². The molecule has 0 radical (unpaired) electrons. The van der Waals surface area contributed by atoms with Gasteiger partial charge in [0, 0.05) is 57.9 Å². The van der Waals surface area contributed by atoms with Crippen LogP contribution in [0, 0.1) is 5.41 Å². The Morgan fingerprint density at radius 1 is 0.828 bits per heavy atom. The molecule has 2 unspecified atom stereocenters. The molecule has 3 aromatic carbocycles. The lowest BCUT2D eigenvalue weighted by molar-refractivity contribution is -0.438. The van der Waals surface area contributed by atoms with Crippen LogP contribution in [0.15, 0.2) is 113 Å². The number of methoxy groups -OCH3 is 1. The molecule has 2 atom stereocenters. The first-order valence-electron chi connectivity index (χ1n) is 21.4. The van der Waals surface area contributed by atoms with Crippen molar-refractivity contribution in [3.05, 3.63) is 125 Å². The monoisotopic (exact) mass is 956 g/mol. The number of nitrogens with zero attached hydrogens (tertiary/aromatic N) is 3. The van der Waals surface area contributed by atoms with Crippen LogP contribution in [0.4, 0.5) is 11.4 Å². The zero-order chi connectivity index (χ0) is 46.9. The predicted octanol–water partition coefficient (Wildman–Crippen LogP) is 8.25. The molecule has 346 valence electrons. The van der Waals surface area contributed by atoms with Crippen LogP contribution in [0.5, 0.6) is 0 Å². The van der Waals surface area contributed by atoms with E-state index in [2.05, 4.69) is 49.3 Å². The van der Waals surface area contributed by atoms with Gasteiger partial charge in [-0.15, -0.1) is 0 Å². The first-order valence-corrected chi connectivity index (χ1v) is 26.4. The first kappa shape index (κ1) is 49.3. The Labute approximate surface area is 383 Å². The highest BCUT2D eigenvalue weighted by Crippen LogP contribution is 2.51. The SMILES string of the molecule is COC(=O)CN(C1/C(=C/C=C2/N(CCCCS(=O)(=O)O)c3ccccc3C2(C)C)CCC1(C)/C=C/C1=[N+](CCCCS(=O)(=O)O)c2ccccc2C1(C)C)S(=O)(=O)c1ccc(Cl)cc1. The number of esters is 1. The van der Waals surface area contributed by atoms with Crippen LogP contribution < -0.4 is 4.90 Å². The highest BCUT2D eigenvalue weighted by Gasteiger charge is 2.50. The minimum atomic E-state index is -4.38. The number of ether oxygens (including phenoxy) is 1. The third-order valence-electron chi connectivity index (χ3n) is 12.9. The van der Waals surface area contributed by atoms with Crippen molar-refractivity contribution >= 4 is 64.9 Å². The van der Waals surface area contributed by atoms with E-state index in [-0.39, 0.29) is 29.2 Å². The zero-order valence-electron chi connectivity index (χ0n) is 37.2. The van der Waals surface area contributed by atoms with E-state index in [4.69, 9.17) is 16.3 Å². The Kier molecular flexibility index (Phi) is 14.6. The highest BCUT2D eigenvalue weighted by atomic mass is 35.5. The average Bonchev–Trinajstić information content (AvgIpc) is 3.74. The molecule has 17 heteroatoms. The van der Waals surface area contributed by atoms with Gasteiger partial charge in [0.1, 0.15) is 13.1 Å². The summed E-state index contributed by atoms with van der Waals surface area (Å²) in [4.78, 5) is 15.4. The number of anilines is 1. The summed E-state index contributed by atoms with van der Waals surface area (Å²) in [6, 6.07) is 20.9. The van der Waals surface area contributed by atoms with Crippen molar-refractivity contribution in [3.63, 3.8) is 0 Å². The van der Waals surface area contributed by atoms with E-state index in [1.165, 1.54) is 35.7 Å². The number of sulfonamides is 1. The van der Waals surface area contributed by atoms with Gasteiger partial charge in [0.15, 0.2) is 5.71 Å². The summed E-state index contributed by atoms with van der Waals surface area (Å²) in [6.07, 6.45) is 10.5. The van der Waals surface area contributed by atoms with Gasteiger partial charge in [-0.1, -0.05) is 86.5 Å². The van der Waals surface area contributed by atoms with Gasteiger partial charge in [-0.05, 0) is 87.9 Å². The summed E-state index contributed by atoms with van der Waals surface area (Å²) in [6.45, 7) is 10.8. The minimum absolute atomic E-state index is 0.0435. The first-order chi connectivity index (χ1) is 29.9. The predicted molar refractivity (Wildman–Crippen MR) is 251 cm³/mol. The van der Waals surface area contributed by atoms with Crippen LogP contribution in [-0.2, 0) is 50.6 Å². The minimum Gasteiger partial charge on any atom is -0.468 e. The maximum atomic E-state index is 14.9. The molecule has 1 aliphatic carbocycles. The van der Waals surface area contributed by atoms with Gasteiger partial charge in [-0.3, -0.25) is 13.9 Å². The Balaban J connectivity index is 1.49. The normalized spacial score (nSPS) is 22.0. The molecular weight excluding hydrogens is 898 g/mol. The molecule has 2 aliphatic heterocycles. The zero-order valence-corrected chi connectivity index (χ0v) is 40.4. The van der Waals surface area contributed by atoms with E-state index < -0.39 is 65.1 Å². The number of halogens is 1. The molecule has 2 heterocycles. The van der Waals surface area contributed by atoms with Crippen molar-refractivity contribution in [3.8, 4) is 0 Å². The number of unbranched alkanes of at least 4 members (excludes halogenated alkanes) is 2. The molecule has 0 spiro atoms. The van der Waals surface area contributed by atoms with E-state index in [1.807, 2.05) is 67.6 Å². The van der Waals surface area contributed by atoms with Crippen molar-refractivity contribution < 1.29 is 48.5 Å². The Bertz CT molecular complexity index is 2730. The standard InChI is InChI=1S/C47H58ClN3O10S3/c1-45(2)37-15-7-9-17-39(37)49(29-11-13-31-62(53,54)55)41(45)24-19-34-25-27-47(5,44(34)51(33-43(52)61-6)64(59,60)36-22-20-35(48)21-23-36)28-26-42-46(3,4)38-16-8-10-18-40(38)50(42)30-12-14-32-63(56,57)58/h7-10,15-24,26,28,44H,11-14,25,27,29-33H2,1-6H3,(H-,53,54,55,56,57,58)/p+1/b28-26+,34-19+,41-24+. The number of benzene rings is 3. The smallest absolute Gasteiger partial charge is 0.321 e. The summed E-state index contributed by atoms with van der Waals surface area (Å²) in [5, 5.41) is 0.349. The molecule has 0 saturated heterocycles. The molecule has 0 amide bonds. The Hall–Kier alpha value is -4.16. The van der Waals surface area contributed by atoms with Gasteiger partial charge in [-0.25, -0.2) is 8.42 Å². The van der Waals surface area contributed by atoms with Crippen LogP contribution in [0.25, 0.3) is 0 Å². The summed E-state index contributed by atoms with van der Waals surface area (Å²) >= 11 is 6.21. The van der Waals surface area contributed by atoms with Gasteiger partial charge in [0.25, 0.3) is 20.2 Å². The van der Waals surface area contributed by atoms with E-state index in [0.29, 0.717) is 43.8 Å². The molecule has 0 aromatic heterocycles. The molecule has 6 rings (SSSR count). The summed E-state index contributed by atoms with van der Waals surface area (Å²) in [5.74, 6) is -1.44. The molecule has 2 N–H and O–H groups in total. The van der Waals surface area contributed by atoms with Crippen LogP contribution in [0.2, 0.25) is 5.02 Å². The van der Waals surface area contributed by atoms with Gasteiger partial charge < -0.3 is 9.64 Å². The van der Waals surface area contributed by atoms with Crippen molar-refractivity contribution in [2.45, 2.75) is 94.9 Å². The van der Waals surface area contributed by atoms with Crippen LogP contribution in [-0.4, -0.2) is 99.2 Å². The van der Waals surface area contributed by atoms with Gasteiger partial charge in [0.05, 0.1) is 35.0 Å². The number of carbonyl (C=O) groups excluding carboxylic acids is 1. The lowest BCUT2D eigenvalue weighted by Gasteiger charge is -2.37. The maximum Gasteiger partial charge on any atom is 0.321 e. The lowest BCUT2D eigenvalue weighted by Crippen LogP contribution is -2.49. The molecule has 0 bridgehead atoms. The largest absolute Gasteiger partial charge is 0.468 e. The molecule has 13 nitrogen and oxygen atoms in total. The quantitative estimate of drug-likeness (QED) is 0.0543. The molecule has 1 fully saturated rings. The van der Waals surface area contributed by atoms with Crippen LogP contribution in [0.1, 0.15) is 84.3 Å². The summed E-state index contributed by atoms with van der Waals surface area (Å²) in [7, 11) is -11.4. The van der Waals surface area contributed by atoms with E-state index in [1.54, 1.807) is 0 Å². The van der Waals surface area contributed by atoms with E-state index >= 15 is 0 Å². The van der Waals surface area contributed by atoms with Crippen LogP contribution >= 0.6 is 11.6 Å². The van der Waals surface area contributed by atoms with E-state index in [0.717, 1.165) is 39.5 Å². The number of carbonyl (C=O) groups is 1. The second-order valence-corrected chi connectivity index (χ2v) is 23.5. The summed E-state index contributed by atoms with van der Waals surface area (Å²) < 4.78 is 103. The fraction of sp³-hybridized carbons (Fsp3) is 0.447. The molecular formula is C47H59ClN3O10S3+. The van der Waals surface area contributed by atoms with Crippen molar-refractivity contribution in [2.75, 3.05) is 43.1 Å². The number of rotatable bonds is 18. The molecule has 64 heavy (non-hydrogen) atoms. The second-order valence-electron chi connectivity index (χ2n) is 18.1. The fourth-order valence-electron chi connectivity index (χ4n) is 9.55. The van der Waals surface area contributed by atoms with Gasteiger partial charge in [0.2, 0.25) is 15.7 Å². The second kappa shape index (κ2) is 19.0. The number of hydrogen-bond acceptors (Lipinski definition) is 9. The number of para-hydroxylation sites is 2. The van der Waals surface area contributed by atoms with Crippen molar-refractivity contribution in [1.29, 1.82) is 0 Å². The topological polar surface area (TPSA) is 179 Å². The van der Waals surface area contributed by atoms with Crippen LogP contribution in [0.3, 0.4) is 0 Å². The average molecular weight is 958 g/mol. The highest BCUT2D eigenvalue weighted by molar-refractivity contribution is 7.89. The van der Waals surface area contributed by atoms with Crippen molar-refractivity contribution in [2.24, 2.45) is 5.41 Å². The third-order valence-corrected chi connectivity index (χ3v) is 16.6.